The Morgan fingerprint density at radius 1 is 1.33 bits per heavy atom. The number of hydrogen-bond donors (Lipinski definition) is 2. The topological polar surface area (TPSA) is 61.3 Å². The lowest BCUT2D eigenvalue weighted by Crippen LogP contribution is -2.06. The van der Waals surface area contributed by atoms with Crippen LogP contribution in [0.3, 0.4) is 0 Å². The van der Waals surface area contributed by atoms with Gasteiger partial charge in [-0.2, -0.15) is 0 Å². The van der Waals surface area contributed by atoms with E-state index in [9.17, 15) is 0 Å². The van der Waals surface area contributed by atoms with E-state index in [0.717, 1.165) is 17.9 Å². The molecule has 1 aromatic rings. The molecule has 0 fully saturated rings. The second-order valence-electron chi connectivity index (χ2n) is 2.56. The molecule has 0 bridgehead atoms. The van der Waals surface area contributed by atoms with Crippen LogP contribution in [0, 0.1) is 0 Å². The van der Waals surface area contributed by atoms with E-state index in [2.05, 4.69) is 0 Å². The van der Waals surface area contributed by atoms with Crippen molar-refractivity contribution >= 4 is 5.69 Å². The van der Waals surface area contributed by atoms with Gasteiger partial charge in [0.15, 0.2) is 0 Å². The van der Waals surface area contributed by atoms with Crippen LogP contribution in [0.25, 0.3) is 0 Å². The Labute approximate surface area is 72.3 Å². The van der Waals surface area contributed by atoms with Crippen molar-refractivity contribution in [1.29, 1.82) is 0 Å². The average Bonchev–Trinajstić information content (AvgIpc) is 2.05. The Morgan fingerprint density at radius 2 is 2.17 bits per heavy atom. The van der Waals surface area contributed by atoms with Crippen molar-refractivity contribution < 1.29 is 4.74 Å². The molecule has 0 spiro atoms. The lowest BCUT2D eigenvalue weighted by atomic mass is 10.3. The summed E-state index contributed by atoms with van der Waals surface area (Å²) in [6.07, 6.45) is 0.870. The van der Waals surface area contributed by atoms with Crippen LogP contribution in [0.1, 0.15) is 6.42 Å². The van der Waals surface area contributed by atoms with E-state index in [4.69, 9.17) is 16.2 Å². The average molecular weight is 166 g/mol. The van der Waals surface area contributed by atoms with E-state index in [0.29, 0.717) is 13.2 Å². The second kappa shape index (κ2) is 4.62. The first-order valence-corrected chi connectivity index (χ1v) is 4.01. The van der Waals surface area contributed by atoms with E-state index >= 15 is 0 Å². The molecular weight excluding hydrogens is 152 g/mol. The van der Waals surface area contributed by atoms with Crippen molar-refractivity contribution in [2.45, 2.75) is 6.42 Å². The largest absolute Gasteiger partial charge is 0.493 e. The van der Waals surface area contributed by atoms with Crippen LogP contribution < -0.4 is 16.2 Å². The molecular formula is C9H14N2O. The monoisotopic (exact) mass is 166 g/mol. The molecule has 0 heterocycles. The third-order valence-electron chi connectivity index (χ3n) is 1.48. The van der Waals surface area contributed by atoms with Crippen LogP contribution >= 0.6 is 0 Å². The summed E-state index contributed by atoms with van der Waals surface area (Å²) in [5, 5.41) is 0. The summed E-state index contributed by atoms with van der Waals surface area (Å²) in [6.45, 7) is 1.31. The van der Waals surface area contributed by atoms with Crippen LogP contribution in [-0.4, -0.2) is 13.2 Å². The van der Waals surface area contributed by atoms with Crippen molar-refractivity contribution in [2.24, 2.45) is 5.73 Å². The fraction of sp³-hybridized carbons (Fsp3) is 0.333. The first kappa shape index (κ1) is 8.87. The first-order valence-electron chi connectivity index (χ1n) is 4.01. The predicted molar refractivity (Wildman–Crippen MR) is 50.0 cm³/mol. The Balaban J connectivity index is 2.41. The fourth-order valence-corrected chi connectivity index (χ4v) is 0.878. The summed E-state index contributed by atoms with van der Waals surface area (Å²) in [7, 11) is 0. The van der Waals surface area contributed by atoms with Crippen LogP contribution in [-0.2, 0) is 0 Å². The quantitative estimate of drug-likeness (QED) is 0.518. The zero-order chi connectivity index (χ0) is 8.81. The van der Waals surface area contributed by atoms with Crippen LogP contribution in [0.4, 0.5) is 5.69 Å². The maximum Gasteiger partial charge on any atom is 0.121 e. The predicted octanol–water partition coefficient (Wildman–Crippen LogP) is 0.996. The Hall–Kier alpha value is -1.22. The molecule has 0 aliphatic rings. The van der Waals surface area contributed by atoms with Crippen LogP contribution in [0.15, 0.2) is 24.3 Å². The standard InChI is InChI=1S/C9H14N2O/c10-5-2-6-12-9-4-1-3-8(11)7-9/h1,3-4,7H,2,5-6,10-11H2. The molecule has 0 radical (unpaired) electrons. The van der Waals surface area contributed by atoms with Gasteiger partial charge in [-0.05, 0) is 25.1 Å². The summed E-state index contributed by atoms with van der Waals surface area (Å²) >= 11 is 0. The van der Waals surface area contributed by atoms with Crippen LogP contribution in [0.5, 0.6) is 5.75 Å². The fourth-order valence-electron chi connectivity index (χ4n) is 0.878. The molecule has 1 aromatic carbocycles. The molecule has 66 valence electrons. The highest BCUT2D eigenvalue weighted by Crippen LogP contribution is 2.14. The highest BCUT2D eigenvalue weighted by Gasteiger charge is 1.92. The minimum atomic E-state index is 0.653. The van der Waals surface area contributed by atoms with Gasteiger partial charge in [0, 0.05) is 11.8 Å². The zero-order valence-corrected chi connectivity index (χ0v) is 6.99. The molecule has 0 saturated heterocycles. The normalized spacial score (nSPS) is 9.75. The van der Waals surface area contributed by atoms with Crippen molar-refractivity contribution in [3.8, 4) is 5.75 Å². The summed E-state index contributed by atoms with van der Waals surface area (Å²) in [5.41, 5.74) is 11.6. The lowest BCUT2D eigenvalue weighted by molar-refractivity contribution is 0.313. The molecule has 0 aromatic heterocycles. The molecule has 3 nitrogen and oxygen atoms in total. The van der Waals surface area contributed by atoms with Gasteiger partial charge in [-0.25, -0.2) is 0 Å². The molecule has 0 aliphatic heterocycles. The molecule has 12 heavy (non-hydrogen) atoms. The van der Waals surface area contributed by atoms with Gasteiger partial charge in [-0.15, -0.1) is 0 Å². The Bertz CT molecular complexity index is 238. The van der Waals surface area contributed by atoms with Gasteiger partial charge >= 0.3 is 0 Å². The highest BCUT2D eigenvalue weighted by atomic mass is 16.5. The number of ether oxygens (including phenoxy) is 1. The third-order valence-corrected chi connectivity index (χ3v) is 1.48. The zero-order valence-electron chi connectivity index (χ0n) is 6.99. The molecule has 0 saturated carbocycles. The molecule has 0 atom stereocenters. The number of anilines is 1. The lowest BCUT2D eigenvalue weighted by Gasteiger charge is -2.04. The van der Waals surface area contributed by atoms with E-state index in [1.54, 1.807) is 6.07 Å². The summed E-state index contributed by atoms with van der Waals surface area (Å²) in [5.74, 6) is 0.809. The first-order chi connectivity index (χ1) is 5.83. The number of nitrogens with two attached hydrogens (primary N) is 2. The maximum atomic E-state index is 5.56. The third kappa shape index (κ3) is 2.80. The summed E-state index contributed by atoms with van der Waals surface area (Å²) in [4.78, 5) is 0. The van der Waals surface area contributed by atoms with E-state index in [-0.39, 0.29) is 0 Å². The van der Waals surface area contributed by atoms with Crippen LogP contribution in [0.2, 0.25) is 0 Å². The smallest absolute Gasteiger partial charge is 0.121 e. The number of rotatable bonds is 4. The second-order valence-corrected chi connectivity index (χ2v) is 2.56. The molecule has 3 heteroatoms. The Morgan fingerprint density at radius 3 is 2.83 bits per heavy atom. The maximum absolute atomic E-state index is 5.56. The Kier molecular flexibility index (Phi) is 3.41. The molecule has 1 rings (SSSR count). The van der Waals surface area contributed by atoms with E-state index < -0.39 is 0 Å². The van der Waals surface area contributed by atoms with Gasteiger partial charge < -0.3 is 16.2 Å². The summed E-state index contributed by atoms with van der Waals surface area (Å²) < 4.78 is 5.37. The number of benzene rings is 1. The molecule has 4 N–H and O–H groups in total. The van der Waals surface area contributed by atoms with E-state index in [1.807, 2.05) is 18.2 Å². The highest BCUT2D eigenvalue weighted by molar-refractivity contribution is 5.43. The van der Waals surface area contributed by atoms with Gasteiger partial charge in [0.25, 0.3) is 0 Å². The van der Waals surface area contributed by atoms with Crippen molar-refractivity contribution in [1.82, 2.24) is 0 Å². The molecule has 0 aliphatic carbocycles. The van der Waals surface area contributed by atoms with E-state index in [1.165, 1.54) is 0 Å². The minimum Gasteiger partial charge on any atom is -0.493 e. The van der Waals surface area contributed by atoms with Gasteiger partial charge in [0.05, 0.1) is 6.61 Å². The van der Waals surface area contributed by atoms with Gasteiger partial charge in [-0.3, -0.25) is 0 Å². The number of nitrogen functional groups attached to an aromatic ring is 1. The van der Waals surface area contributed by atoms with Crippen molar-refractivity contribution in [3.05, 3.63) is 24.3 Å². The minimum absolute atomic E-state index is 0.653. The van der Waals surface area contributed by atoms with Gasteiger partial charge in [0.2, 0.25) is 0 Å². The van der Waals surface area contributed by atoms with Gasteiger partial charge in [-0.1, -0.05) is 6.07 Å². The number of hydrogen-bond acceptors (Lipinski definition) is 3. The molecule has 0 amide bonds. The van der Waals surface area contributed by atoms with Gasteiger partial charge in [0.1, 0.15) is 5.75 Å². The van der Waals surface area contributed by atoms with Crippen molar-refractivity contribution in [3.63, 3.8) is 0 Å². The summed E-state index contributed by atoms with van der Waals surface area (Å²) in [6, 6.07) is 7.38. The van der Waals surface area contributed by atoms with Crippen molar-refractivity contribution in [2.75, 3.05) is 18.9 Å². The SMILES string of the molecule is NCCCOc1cccc(N)c1. The molecule has 0 unspecified atom stereocenters.